The van der Waals surface area contributed by atoms with Gasteiger partial charge in [-0.25, -0.2) is 8.42 Å². The Morgan fingerprint density at radius 3 is 2.53 bits per heavy atom. The number of benzene rings is 2. The molecule has 2 aromatic carbocycles. The van der Waals surface area contributed by atoms with Crippen LogP contribution in [0.3, 0.4) is 0 Å². The highest BCUT2D eigenvalue weighted by molar-refractivity contribution is 7.90. The Balaban J connectivity index is 1.50. The molecular weight excluding hydrogens is 545 g/mol. The fraction of sp³-hybridized carbons (Fsp3) is 0.286. The van der Waals surface area contributed by atoms with E-state index in [1.807, 2.05) is 18.7 Å². The molecule has 1 saturated heterocycles. The lowest BCUT2D eigenvalue weighted by Crippen LogP contribution is -2.29. The molecule has 2 N–H and O–H groups in total. The maximum absolute atomic E-state index is 13.3. The van der Waals surface area contributed by atoms with Gasteiger partial charge in [-0.2, -0.15) is 0 Å². The van der Waals surface area contributed by atoms with E-state index < -0.39 is 9.84 Å². The first kappa shape index (κ1) is 26.5. The lowest BCUT2D eigenvalue weighted by molar-refractivity contribution is -0.110. The molecule has 0 radical (unpaired) electrons. The highest BCUT2D eigenvalue weighted by Crippen LogP contribution is 2.37. The van der Waals surface area contributed by atoms with Crippen LogP contribution < -0.4 is 5.32 Å². The number of amides is 2. The highest BCUT2D eigenvalue weighted by Gasteiger charge is 2.30. The summed E-state index contributed by atoms with van der Waals surface area (Å²) in [6.07, 6.45) is 2.66. The lowest BCUT2D eigenvalue weighted by Gasteiger charge is -2.16. The van der Waals surface area contributed by atoms with Crippen molar-refractivity contribution in [3.05, 3.63) is 80.1 Å². The van der Waals surface area contributed by atoms with Crippen LogP contribution in [0.1, 0.15) is 51.8 Å². The molecule has 0 bridgehead atoms. The number of sulfone groups is 1. The van der Waals surface area contributed by atoms with E-state index in [-0.39, 0.29) is 32.5 Å². The number of rotatable bonds is 5. The van der Waals surface area contributed by atoms with E-state index in [0.29, 0.717) is 39.6 Å². The average Bonchev–Trinajstić information content (AvgIpc) is 3.51. The molecule has 0 aliphatic carbocycles. The Morgan fingerprint density at radius 1 is 1.16 bits per heavy atom. The summed E-state index contributed by atoms with van der Waals surface area (Å²) in [5.74, 6) is -0.275. The molecule has 3 aromatic rings. The predicted octanol–water partition coefficient (Wildman–Crippen LogP) is 5.89. The van der Waals surface area contributed by atoms with Crippen LogP contribution in [0.25, 0.3) is 11.6 Å². The summed E-state index contributed by atoms with van der Waals surface area (Å²) in [5.41, 5.74) is 4.33. The molecule has 10 heteroatoms. The van der Waals surface area contributed by atoms with Crippen molar-refractivity contribution in [1.29, 1.82) is 0 Å². The zero-order valence-electron chi connectivity index (χ0n) is 21.2. The maximum atomic E-state index is 13.3. The van der Waals surface area contributed by atoms with Crippen LogP contribution in [0.2, 0.25) is 10.0 Å². The quantitative estimate of drug-likeness (QED) is 0.373. The summed E-state index contributed by atoms with van der Waals surface area (Å²) in [4.78, 5) is 31.3. The summed E-state index contributed by atoms with van der Waals surface area (Å²) >= 11 is 12.4. The van der Waals surface area contributed by atoms with Crippen LogP contribution in [0.4, 0.5) is 5.69 Å². The normalized spacial score (nSPS) is 18.2. The second-order valence-electron chi connectivity index (χ2n) is 9.99. The van der Waals surface area contributed by atoms with Crippen molar-refractivity contribution in [2.45, 2.75) is 37.8 Å². The first-order chi connectivity index (χ1) is 18.0. The number of likely N-dealkylation sites (tertiary alicyclic amines) is 1. The van der Waals surface area contributed by atoms with E-state index in [0.717, 1.165) is 30.8 Å². The predicted molar refractivity (Wildman–Crippen MR) is 150 cm³/mol. The number of halogens is 2. The highest BCUT2D eigenvalue weighted by atomic mass is 35.5. The van der Waals surface area contributed by atoms with Crippen molar-refractivity contribution < 1.29 is 18.0 Å². The minimum absolute atomic E-state index is 0.0202. The van der Waals surface area contributed by atoms with Crippen molar-refractivity contribution in [1.82, 2.24) is 9.88 Å². The summed E-state index contributed by atoms with van der Waals surface area (Å²) in [7, 11) is -3.82. The van der Waals surface area contributed by atoms with Crippen molar-refractivity contribution in [3.63, 3.8) is 0 Å². The van der Waals surface area contributed by atoms with Crippen LogP contribution in [0.15, 0.2) is 41.3 Å². The van der Waals surface area contributed by atoms with Gasteiger partial charge in [0.25, 0.3) is 11.8 Å². The number of H-pyrrole nitrogens is 1. The lowest BCUT2D eigenvalue weighted by atomic mass is 10.0. The fourth-order valence-electron chi connectivity index (χ4n) is 5.11. The van der Waals surface area contributed by atoms with Gasteiger partial charge in [-0.1, -0.05) is 36.2 Å². The molecule has 198 valence electrons. The largest absolute Gasteiger partial charge is 0.358 e. The monoisotopic (exact) mass is 571 g/mol. The number of hydrogen-bond acceptors (Lipinski definition) is 4. The molecule has 38 heavy (non-hydrogen) atoms. The number of aromatic nitrogens is 1. The van der Waals surface area contributed by atoms with Gasteiger partial charge in [-0.15, -0.1) is 0 Å². The molecule has 0 spiro atoms. The summed E-state index contributed by atoms with van der Waals surface area (Å²) in [6.45, 7) is 7.28. The number of hydrogen-bond donors (Lipinski definition) is 2. The first-order valence-electron chi connectivity index (χ1n) is 12.3. The van der Waals surface area contributed by atoms with Crippen molar-refractivity contribution in [2.75, 3.05) is 18.4 Å². The number of anilines is 1. The third-order valence-electron chi connectivity index (χ3n) is 7.22. The second kappa shape index (κ2) is 9.91. The number of aryl methyl sites for hydroxylation is 1. The SMILES string of the molecule is Cc1[nH]c(/C=C2\C(=O)Nc3ccc(S(=O)(=O)Cc4c(Cl)cccc4Cl)cc32)c(C)c1C(=O)N1CC[C@@H](C)C1. The molecule has 0 saturated carbocycles. The number of fused-ring (bicyclic) bond motifs is 1. The Morgan fingerprint density at radius 2 is 1.87 bits per heavy atom. The van der Waals surface area contributed by atoms with Crippen LogP contribution in [-0.2, 0) is 20.4 Å². The zero-order valence-corrected chi connectivity index (χ0v) is 23.5. The number of nitrogens with one attached hydrogen (secondary N) is 2. The average molecular weight is 573 g/mol. The number of carbonyl (C=O) groups is 2. The van der Waals surface area contributed by atoms with E-state index in [4.69, 9.17) is 23.2 Å². The molecule has 2 aliphatic heterocycles. The Bertz CT molecular complexity index is 1600. The summed E-state index contributed by atoms with van der Waals surface area (Å²) < 4.78 is 26.6. The van der Waals surface area contributed by atoms with Gasteiger partial charge in [0.05, 0.1) is 21.8 Å². The minimum Gasteiger partial charge on any atom is -0.358 e. The number of carbonyl (C=O) groups excluding carboxylic acids is 2. The topological polar surface area (TPSA) is 99.3 Å². The molecule has 2 aliphatic rings. The Hall–Kier alpha value is -3.07. The van der Waals surface area contributed by atoms with Crippen molar-refractivity contribution >= 4 is 62.2 Å². The third-order valence-corrected chi connectivity index (χ3v) is 9.57. The molecule has 3 heterocycles. The van der Waals surface area contributed by atoms with Gasteiger partial charge in [-0.05, 0) is 68.2 Å². The van der Waals surface area contributed by atoms with Crippen LogP contribution in [0.5, 0.6) is 0 Å². The van der Waals surface area contributed by atoms with Gasteiger partial charge >= 0.3 is 0 Å². The smallest absolute Gasteiger partial charge is 0.256 e. The van der Waals surface area contributed by atoms with E-state index >= 15 is 0 Å². The van der Waals surface area contributed by atoms with E-state index in [1.54, 1.807) is 30.3 Å². The van der Waals surface area contributed by atoms with E-state index in [9.17, 15) is 18.0 Å². The maximum Gasteiger partial charge on any atom is 0.256 e. The molecule has 7 nitrogen and oxygen atoms in total. The zero-order chi connectivity index (χ0) is 27.4. The fourth-order valence-corrected chi connectivity index (χ4v) is 7.23. The standard InChI is InChI=1S/C28H27Cl2N3O4S/c1-15-9-10-33(13-15)28(35)26-16(2)25(31-17(26)3)12-20-19-11-18(7-8-24(19)32-27(20)34)38(36,37)14-21-22(29)5-4-6-23(21)30/h4-8,11-12,15,31H,9-10,13-14H2,1-3H3,(H,32,34)/b20-12-/t15-/m1/s1. The number of nitrogens with zero attached hydrogens (tertiary/aromatic N) is 1. The second-order valence-corrected chi connectivity index (χ2v) is 12.8. The Kier molecular flexibility index (Phi) is 6.92. The van der Waals surface area contributed by atoms with Crippen molar-refractivity contribution in [2.24, 2.45) is 5.92 Å². The van der Waals surface area contributed by atoms with Gasteiger partial charge in [-0.3, -0.25) is 9.59 Å². The minimum atomic E-state index is -3.82. The third kappa shape index (κ3) is 4.77. The summed E-state index contributed by atoms with van der Waals surface area (Å²) in [6, 6.07) is 9.36. The molecule has 1 atom stereocenters. The van der Waals surface area contributed by atoms with E-state index in [2.05, 4.69) is 17.2 Å². The summed E-state index contributed by atoms with van der Waals surface area (Å²) in [5, 5.41) is 3.33. The molecule has 2 amide bonds. The molecular formula is C28H27Cl2N3O4S. The van der Waals surface area contributed by atoms with Crippen LogP contribution >= 0.6 is 23.2 Å². The first-order valence-corrected chi connectivity index (χ1v) is 14.7. The Labute approximate surface area is 231 Å². The van der Waals surface area contributed by atoms with Gasteiger partial charge in [0, 0.05) is 51.3 Å². The van der Waals surface area contributed by atoms with Gasteiger partial charge in [0.15, 0.2) is 9.84 Å². The van der Waals surface area contributed by atoms with E-state index in [1.165, 1.54) is 12.1 Å². The van der Waals surface area contributed by atoms with Crippen LogP contribution in [0, 0.1) is 19.8 Å². The van der Waals surface area contributed by atoms with Gasteiger partial charge < -0.3 is 15.2 Å². The molecule has 5 rings (SSSR count). The van der Waals surface area contributed by atoms with Gasteiger partial charge in [0.1, 0.15) is 0 Å². The van der Waals surface area contributed by atoms with Crippen LogP contribution in [-0.4, -0.2) is 43.2 Å². The van der Waals surface area contributed by atoms with Crippen molar-refractivity contribution in [3.8, 4) is 0 Å². The molecule has 1 aromatic heterocycles. The van der Waals surface area contributed by atoms with Gasteiger partial charge in [0.2, 0.25) is 0 Å². The molecule has 0 unspecified atom stereocenters. The molecule has 1 fully saturated rings. The number of aromatic amines is 1.